The molecule has 4 heteroatoms. The van der Waals surface area contributed by atoms with E-state index in [9.17, 15) is 0 Å². The van der Waals surface area contributed by atoms with Crippen LogP contribution >= 0.6 is 0 Å². The van der Waals surface area contributed by atoms with Crippen LogP contribution in [0.25, 0.3) is 6.08 Å². The molecule has 0 aromatic carbocycles. The molecule has 0 saturated heterocycles. The molecule has 2 heterocycles. The lowest BCUT2D eigenvalue weighted by Gasteiger charge is -2.24. The maximum absolute atomic E-state index is 8.92. The van der Waals surface area contributed by atoms with E-state index < -0.39 is 5.60 Å². The molecule has 4 nitrogen and oxygen atoms in total. The fourth-order valence-corrected chi connectivity index (χ4v) is 1.85. The smallest absolute Gasteiger partial charge is 0.184 e. The van der Waals surface area contributed by atoms with Crippen molar-refractivity contribution in [2.45, 2.75) is 5.60 Å². The zero-order valence-electron chi connectivity index (χ0n) is 7.27. The van der Waals surface area contributed by atoms with E-state index in [-0.39, 0.29) is 0 Å². The molecule has 1 aromatic rings. The van der Waals surface area contributed by atoms with Crippen molar-refractivity contribution in [3.8, 4) is 0 Å². The van der Waals surface area contributed by atoms with Crippen LogP contribution in [-0.4, -0.2) is 21.6 Å². The predicted molar refractivity (Wildman–Crippen MR) is 51.9 cm³/mol. The van der Waals surface area contributed by atoms with Crippen molar-refractivity contribution < 1.29 is 10.1 Å². The Morgan fingerprint density at radius 3 is 3.21 bits per heavy atom. The first kappa shape index (κ1) is 7.73. The molecule has 0 bridgehead atoms. The highest BCUT2D eigenvalue weighted by molar-refractivity contribution is 6.14. The van der Waals surface area contributed by atoms with Gasteiger partial charge in [-0.05, 0) is 24.3 Å². The van der Waals surface area contributed by atoms with E-state index in [0.717, 1.165) is 17.0 Å². The minimum absolute atomic E-state index is 0.721. The second-order valence-electron chi connectivity index (χ2n) is 3.32. The van der Waals surface area contributed by atoms with Crippen LogP contribution in [0.1, 0.15) is 11.3 Å². The fraction of sp³-hybridized carbons (Fsp3) is 0.100. The molecule has 1 aliphatic heterocycles. The number of nitrogens with one attached hydrogen (secondary N) is 1. The third-order valence-electron chi connectivity index (χ3n) is 2.58. The average Bonchev–Trinajstić information content (AvgIpc) is 2.83. The maximum atomic E-state index is 8.92. The number of aromatic nitrogens is 1. The van der Waals surface area contributed by atoms with E-state index in [4.69, 9.17) is 5.26 Å². The third kappa shape index (κ3) is 0.767. The first-order valence-electron chi connectivity index (χ1n) is 4.31. The first-order chi connectivity index (χ1) is 6.86. The van der Waals surface area contributed by atoms with Crippen molar-refractivity contribution in [2.24, 2.45) is 4.99 Å². The van der Waals surface area contributed by atoms with Gasteiger partial charge in [0.05, 0.1) is 5.71 Å². The van der Waals surface area contributed by atoms with Crippen molar-refractivity contribution in [2.75, 3.05) is 0 Å². The van der Waals surface area contributed by atoms with Crippen LogP contribution in [0.15, 0.2) is 35.6 Å². The van der Waals surface area contributed by atoms with Gasteiger partial charge in [0, 0.05) is 23.7 Å². The van der Waals surface area contributed by atoms with Gasteiger partial charge >= 0.3 is 0 Å². The molecule has 2 aliphatic rings. The molecule has 0 amide bonds. The summed E-state index contributed by atoms with van der Waals surface area (Å²) in [6.07, 6.45) is 8.84. The van der Waals surface area contributed by atoms with E-state index in [1.165, 1.54) is 0 Å². The average molecular weight is 188 g/mol. The molecular formula is C10H8N2O2. The molecule has 70 valence electrons. The van der Waals surface area contributed by atoms with Crippen LogP contribution in [-0.2, 0) is 4.89 Å². The summed E-state index contributed by atoms with van der Waals surface area (Å²) in [5.41, 5.74) is 1.79. The zero-order valence-corrected chi connectivity index (χ0v) is 7.27. The Bertz CT molecular complexity index is 470. The van der Waals surface area contributed by atoms with Gasteiger partial charge in [0.15, 0.2) is 5.60 Å². The summed E-state index contributed by atoms with van der Waals surface area (Å²) in [6, 6.07) is 1.92. The second kappa shape index (κ2) is 2.43. The van der Waals surface area contributed by atoms with Crippen molar-refractivity contribution in [1.29, 1.82) is 0 Å². The number of hydrogen-bond donors (Lipinski definition) is 2. The number of aromatic amines is 1. The number of aliphatic imine (C=N–C) groups is 1. The van der Waals surface area contributed by atoms with Crippen LogP contribution in [0, 0.1) is 0 Å². The summed E-state index contributed by atoms with van der Waals surface area (Å²) >= 11 is 0. The zero-order chi connectivity index (χ0) is 9.60. The lowest BCUT2D eigenvalue weighted by atomic mass is 9.88. The molecule has 0 radical (unpaired) electrons. The predicted octanol–water partition coefficient (Wildman–Crippen LogP) is 1.59. The van der Waals surface area contributed by atoms with Crippen LogP contribution in [0.5, 0.6) is 0 Å². The highest BCUT2D eigenvalue weighted by Gasteiger charge is 2.39. The Kier molecular flexibility index (Phi) is 1.34. The highest BCUT2D eigenvalue weighted by atomic mass is 17.1. The van der Waals surface area contributed by atoms with Crippen molar-refractivity contribution in [3.05, 3.63) is 41.9 Å². The number of hydrogen-bond acceptors (Lipinski definition) is 3. The van der Waals surface area contributed by atoms with Gasteiger partial charge in [0.25, 0.3) is 0 Å². The Morgan fingerprint density at radius 2 is 2.36 bits per heavy atom. The highest BCUT2D eigenvalue weighted by Crippen LogP contribution is 2.32. The molecule has 0 spiro atoms. The van der Waals surface area contributed by atoms with Gasteiger partial charge in [-0.2, -0.15) is 0 Å². The van der Waals surface area contributed by atoms with E-state index in [1.807, 2.05) is 18.3 Å². The summed E-state index contributed by atoms with van der Waals surface area (Å²) in [6.45, 7) is 0. The van der Waals surface area contributed by atoms with Crippen molar-refractivity contribution >= 4 is 11.8 Å². The summed E-state index contributed by atoms with van der Waals surface area (Å²) in [5.74, 6) is 0. The van der Waals surface area contributed by atoms with Crippen molar-refractivity contribution in [3.63, 3.8) is 0 Å². The molecule has 1 unspecified atom stereocenters. The van der Waals surface area contributed by atoms with E-state index in [0.29, 0.717) is 0 Å². The molecule has 2 N–H and O–H groups in total. The molecule has 0 fully saturated rings. The molecule has 0 saturated carbocycles. The molecule has 3 rings (SSSR count). The molecular weight excluding hydrogens is 180 g/mol. The number of nitrogens with zero attached hydrogens (tertiary/aromatic N) is 1. The summed E-state index contributed by atoms with van der Waals surface area (Å²) in [4.78, 5) is 11.8. The lowest BCUT2D eigenvalue weighted by Crippen LogP contribution is -2.37. The standard InChI is InChI=1S/C10H8N2O2/c13-14-10-3-1-8-7(2-5-11-8)9(10)12-6-4-10/h1-6,11,13H. The van der Waals surface area contributed by atoms with E-state index >= 15 is 0 Å². The first-order valence-corrected chi connectivity index (χ1v) is 4.31. The normalized spacial score (nSPS) is 27.4. The number of fused-ring (bicyclic) bond motifs is 3. The van der Waals surface area contributed by atoms with Crippen LogP contribution in [0.4, 0.5) is 0 Å². The molecule has 1 aromatic heterocycles. The van der Waals surface area contributed by atoms with Gasteiger partial charge in [-0.25, -0.2) is 4.89 Å². The summed E-state index contributed by atoms with van der Waals surface area (Å²) < 4.78 is 0. The van der Waals surface area contributed by atoms with Gasteiger partial charge in [-0.1, -0.05) is 0 Å². The van der Waals surface area contributed by atoms with Crippen LogP contribution in [0.2, 0.25) is 0 Å². The maximum Gasteiger partial charge on any atom is 0.184 e. The fourth-order valence-electron chi connectivity index (χ4n) is 1.85. The lowest BCUT2D eigenvalue weighted by molar-refractivity contribution is -0.271. The Morgan fingerprint density at radius 1 is 1.43 bits per heavy atom. The third-order valence-corrected chi connectivity index (χ3v) is 2.58. The van der Waals surface area contributed by atoms with Crippen LogP contribution in [0.3, 0.4) is 0 Å². The largest absolute Gasteiger partial charge is 0.361 e. The van der Waals surface area contributed by atoms with Gasteiger partial charge in [-0.15, -0.1) is 0 Å². The monoisotopic (exact) mass is 188 g/mol. The van der Waals surface area contributed by atoms with Gasteiger partial charge < -0.3 is 4.98 Å². The van der Waals surface area contributed by atoms with Gasteiger partial charge in [0.1, 0.15) is 0 Å². The number of rotatable bonds is 1. The second-order valence-corrected chi connectivity index (χ2v) is 3.32. The van der Waals surface area contributed by atoms with Gasteiger partial charge in [0.2, 0.25) is 0 Å². The van der Waals surface area contributed by atoms with E-state index in [1.54, 1.807) is 18.4 Å². The van der Waals surface area contributed by atoms with E-state index in [2.05, 4.69) is 14.9 Å². The Hall–Kier alpha value is -1.65. The number of H-pyrrole nitrogens is 1. The SMILES string of the molecule is OOC12C=CN=C1c1cc[nH]c1C=C2. The summed E-state index contributed by atoms with van der Waals surface area (Å²) in [5, 5.41) is 8.92. The molecule has 1 aliphatic carbocycles. The Balaban J connectivity index is 2.24. The summed E-state index contributed by atoms with van der Waals surface area (Å²) in [7, 11) is 0. The van der Waals surface area contributed by atoms with Crippen LogP contribution < -0.4 is 0 Å². The van der Waals surface area contributed by atoms with Gasteiger partial charge in [-0.3, -0.25) is 10.2 Å². The topological polar surface area (TPSA) is 57.6 Å². The minimum atomic E-state index is -0.880. The quantitative estimate of drug-likeness (QED) is 0.519. The minimum Gasteiger partial charge on any atom is -0.361 e. The van der Waals surface area contributed by atoms with Crippen molar-refractivity contribution in [1.82, 2.24) is 4.98 Å². The molecule has 14 heavy (non-hydrogen) atoms. The Labute approximate surface area is 80.2 Å². The molecule has 1 atom stereocenters.